The maximum absolute atomic E-state index is 14.5. The zero-order chi connectivity index (χ0) is 18.4. The number of aromatic nitrogens is 1. The second-order valence-corrected chi connectivity index (χ2v) is 5.42. The van der Waals surface area contributed by atoms with Gasteiger partial charge in [-0.15, -0.1) is 11.8 Å². The molecule has 1 aromatic heterocycles. The molecule has 130 valence electrons. The molecule has 25 heavy (non-hydrogen) atoms. The summed E-state index contributed by atoms with van der Waals surface area (Å²) in [5.74, 6) is 4.56. The van der Waals surface area contributed by atoms with Gasteiger partial charge in [0, 0.05) is 12.1 Å². The van der Waals surface area contributed by atoms with Crippen LogP contribution in [-0.2, 0) is 0 Å². The molecule has 0 unspecified atom stereocenters. The topological polar surface area (TPSA) is 77.2 Å². The summed E-state index contributed by atoms with van der Waals surface area (Å²) >= 11 is 0. The van der Waals surface area contributed by atoms with Crippen LogP contribution < -0.4 is 15.8 Å². The van der Waals surface area contributed by atoms with Crippen molar-refractivity contribution in [1.82, 2.24) is 4.98 Å². The number of hydrogen-bond acceptors (Lipinski definition) is 4. The van der Waals surface area contributed by atoms with E-state index in [1.165, 1.54) is 12.1 Å². The minimum Gasteiger partial charge on any atom is -0.489 e. The lowest BCUT2D eigenvalue weighted by molar-refractivity contribution is 0.102. The van der Waals surface area contributed by atoms with Crippen molar-refractivity contribution < 1.29 is 13.9 Å². The van der Waals surface area contributed by atoms with Crippen molar-refractivity contribution in [2.24, 2.45) is 0 Å². The van der Waals surface area contributed by atoms with Crippen LogP contribution in [0.4, 0.5) is 15.9 Å². The third-order valence-electron chi connectivity index (χ3n) is 3.61. The van der Waals surface area contributed by atoms with Gasteiger partial charge in [-0.05, 0) is 44.5 Å². The average Bonchev–Trinajstić information content (AvgIpc) is 2.58. The Bertz CT molecular complexity index is 854. The quantitative estimate of drug-likeness (QED) is 0.645. The maximum Gasteiger partial charge on any atom is 0.259 e. The van der Waals surface area contributed by atoms with Crippen LogP contribution in [0.1, 0.15) is 35.0 Å². The van der Waals surface area contributed by atoms with E-state index in [9.17, 15) is 9.18 Å². The normalized spacial score (nSPS) is 9.92. The van der Waals surface area contributed by atoms with E-state index in [1.54, 1.807) is 26.0 Å². The Kier molecular flexibility index (Phi) is 5.96. The molecule has 0 bridgehead atoms. The van der Waals surface area contributed by atoms with E-state index in [1.807, 2.05) is 6.92 Å². The van der Waals surface area contributed by atoms with E-state index in [0.717, 1.165) is 11.3 Å². The van der Waals surface area contributed by atoms with Gasteiger partial charge in [0.2, 0.25) is 0 Å². The summed E-state index contributed by atoms with van der Waals surface area (Å²) in [6.45, 7) is 5.62. The van der Waals surface area contributed by atoms with Crippen LogP contribution in [0.5, 0.6) is 5.75 Å². The van der Waals surface area contributed by atoms with E-state index in [2.05, 4.69) is 22.1 Å². The van der Waals surface area contributed by atoms with Gasteiger partial charge in [0.25, 0.3) is 5.91 Å². The Morgan fingerprint density at radius 1 is 1.40 bits per heavy atom. The minimum atomic E-state index is -0.643. The standard InChI is InChI=1S/C19H20FN3O2/c1-4-5-6-10-25-16-9-7-8-15(17(16)20)23-19(24)14-11-12(2)13(3)22-18(14)21/h7-9,11H,6,10H2,1-3H3,(H2,21,22)(H,23,24). The Morgan fingerprint density at radius 3 is 2.88 bits per heavy atom. The molecular weight excluding hydrogens is 321 g/mol. The van der Waals surface area contributed by atoms with Crippen molar-refractivity contribution in [3.8, 4) is 17.6 Å². The molecule has 6 heteroatoms. The van der Waals surface area contributed by atoms with E-state index in [0.29, 0.717) is 6.42 Å². The average molecular weight is 341 g/mol. The highest BCUT2D eigenvalue weighted by molar-refractivity contribution is 6.07. The smallest absolute Gasteiger partial charge is 0.259 e. The van der Waals surface area contributed by atoms with Gasteiger partial charge < -0.3 is 15.8 Å². The molecule has 0 spiro atoms. The van der Waals surface area contributed by atoms with Crippen LogP contribution in [0.2, 0.25) is 0 Å². The summed E-state index contributed by atoms with van der Waals surface area (Å²) in [5, 5.41) is 2.51. The molecule has 0 atom stereocenters. The van der Waals surface area contributed by atoms with Crippen LogP contribution in [0, 0.1) is 31.5 Å². The largest absolute Gasteiger partial charge is 0.489 e. The fraction of sp³-hybridized carbons (Fsp3) is 0.263. The second kappa shape index (κ2) is 8.15. The number of carbonyl (C=O) groups excluding carboxylic acids is 1. The first-order valence-electron chi connectivity index (χ1n) is 7.80. The highest BCUT2D eigenvalue weighted by Gasteiger charge is 2.16. The van der Waals surface area contributed by atoms with Gasteiger partial charge >= 0.3 is 0 Å². The van der Waals surface area contributed by atoms with Gasteiger partial charge in [0.1, 0.15) is 5.82 Å². The Morgan fingerprint density at radius 2 is 2.16 bits per heavy atom. The molecule has 0 aliphatic carbocycles. The van der Waals surface area contributed by atoms with Crippen LogP contribution in [0.3, 0.4) is 0 Å². The third-order valence-corrected chi connectivity index (χ3v) is 3.61. The lowest BCUT2D eigenvalue weighted by atomic mass is 10.1. The molecule has 0 saturated heterocycles. The fourth-order valence-electron chi connectivity index (χ4n) is 2.15. The predicted molar refractivity (Wildman–Crippen MR) is 96.0 cm³/mol. The molecule has 0 radical (unpaired) electrons. The third kappa shape index (κ3) is 4.48. The number of nitrogens with zero attached hydrogens (tertiary/aromatic N) is 1. The lowest BCUT2D eigenvalue weighted by Crippen LogP contribution is -2.17. The molecule has 1 heterocycles. The van der Waals surface area contributed by atoms with Crippen molar-refractivity contribution in [2.45, 2.75) is 27.2 Å². The zero-order valence-corrected chi connectivity index (χ0v) is 14.4. The van der Waals surface area contributed by atoms with E-state index >= 15 is 0 Å². The summed E-state index contributed by atoms with van der Waals surface area (Å²) in [4.78, 5) is 16.5. The van der Waals surface area contributed by atoms with Crippen molar-refractivity contribution in [1.29, 1.82) is 0 Å². The number of nitrogens with two attached hydrogens (primary N) is 1. The lowest BCUT2D eigenvalue weighted by Gasteiger charge is -2.12. The summed E-state index contributed by atoms with van der Waals surface area (Å²) < 4.78 is 19.8. The van der Waals surface area contributed by atoms with Crippen molar-refractivity contribution in [3.63, 3.8) is 0 Å². The number of rotatable bonds is 5. The number of anilines is 2. The summed E-state index contributed by atoms with van der Waals surface area (Å²) in [6.07, 6.45) is 0.497. The summed E-state index contributed by atoms with van der Waals surface area (Å²) in [5.41, 5.74) is 7.59. The van der Waals surface area contributed by atoms with E-state index in [4.69, 9.17) is 10.5 Å². The molecule has 1 aromatic carbocycles. The highest BCUT2D eigenvalue weighted by atomic mass is 19.1. The van der Waals surface area contributed by atoms with Crippen molar-refractivity contribution >= 4 is 17.4 Å². The molecule has 2 aromatic rings. The number of benzene rings is 1. The first-order valence-corrected chi connectivity index (χ1v) is 7.80. The van der Waals surface area contributed by atoms with Crippen molar-refractivity contribution in [3.05, 3.63) is 46.9 Å². The number of aryl methyl sites for hydroxylation is 2. The van der Waals surface area contributed by atoms with E-state index in [-0.39, 0.29) is 29.4 Å². The number of nitrogen functional groups attached to an aromatic ring is 1. The van der Waals surface area contributed by atoms with Gasteiger partial charge in [0.15, 0.2) is 11.6 Å². The number of amides is 1. The first-order chi connectivity index (χ1) is 11.9. The number of carbonyl (C=O) groups is 1. The van der Waals surface area contributed by atoms with Gasteiger partial charge in [-0.25, -0.2) is 9.37 Å². The van der Waals surface area contributed by atoms with E-state index < -0.39 is 11.7 Å². The molecule has 1 amide bonds. The molecule has 3 N–H and O–H groups in total. The Balaban J connectivity index is 2.18. The molecule has 0 fully saturated rings. The number of nitrogens with one attached hydrogen (secondary N) is 1. The van der Waals surface area contributed by atoms with Crippen LogP contribution >= 0.6 is 0 Å². The van der Waals surface area contributed by atoms with Gasteiger partial charge in [0.05, 0.1) is 17.9 Å². The van der Waals surface area contributed by atoms with Gasteiger partial charge in [-0.3, -0.25) is 4.79 Å². The number of hydrogen-bond donors (Lipinski definition) is 2. The molecule has 0 aliphatic heterocycles. The summed E-state index contributed by atoms with van der Waals surface area (Å²) in [6, 6.07) is 6.18. The van der Waals surface area contributed by atoms with Crippen LogP contribution in [0.15, 0.2) is 24.3 Å². The molecule has 0 aliphatic rings. The minimum absolute atomic E-state index is 0.0155. The second-order valence-electron chi connectivity index (χ2n) is 5.42. The van der Waals surface area contributed by atoms with Crippen LogP contribution in [-0.4, -0.2) is 17.5 Å². The Labute approximate surface area is 146 Å². The molecule has 2 rings (SSSR count). The number of halogens is 1. The highest BCUT2D eigenvalue weighted by Crippen LogP contribution is 2.25. The zero-order valence-electron chi connectivity index (χ0n) is 14.4. The monoisotopic (exact) mass is 341 g/mol. The van der Waals surface area contributed by atoms with Gasteiger partial charge in [-0.2, -0.15) is 0 Å². The van der Waals surface area contributed by atoms with Crippen molar-refractivity contribution in [2.75, 3.05) is 17.7 Å². The SMILES string of the molecule is CC#CCCOc1cccc(NC(=O)c2cc(C)c(C)nc2N)c1F. The first kappa shape index (κ1) is 18.3. The van der Waals surface area contributed by atoms with Gasteiger partial charge in [-0.1, -0.05) is 6.07 Å². The molecular formula is C19H20FN3O2. The predicted octanol–water partition coefficient (Wildman–Crippen LogP) is 3.46. The fourth-order valence-corrected chi connectivity index (χ4v) is 2.15. The number of ether oxygens (including phenoxy) is 1. The molecule has 0 saturated carbocycles. The molecule has 5 nitrogen and oxygen atoms in total. The Hall–Kier alpha value is -3.07. The summed E-state index contributed by atoms with van der Waals surface area (Å²) in [7, 11) is 0. The maximum atomic E-state index is 14.5. The number of pyridine rings is 1. The van der Waals surface area contributed by atoms with Crippen LogP contribution in [0.25, 0.3) is 0 Å².